The number of hydrogen-bond donors (Lipinski definition) is 1. The van der Waals surface area contributed by atoms with E-state index in [2.05, 4.69) is 21.1 Å². The van der Waals surface area contributed by atoms with Crippen molar-refractivity contribution in [2.75, 3.05) is 20.8 Å². The molecule has 9 heteroatoms. The number of rotatable bonds is 13. The van der Waals surface area contributed by atoms with Crippen LogP contribution < -0.4 is 9.46 Å². The molecule has 0 amide bonds. The molecule has 0 bridgehead atoms. The third kappa shape index (κ3) is 7.49. The SMILES string of the molecule is CCCCCCOc1ccc2cc(S(=O)(=O)N[C@H](CCC(=O)OC)C(=O)OC)ccc2c1. The van der Waals surface area contributed by atoms with E-state index in [0.717, 1.165) is 36.5 Å². The molecular weight excluding hydrogens is 434 g/mol. The van der Waals surface area contributed by atoms with Gasteiger partial charge in [0.1, 0.15) is 11.8 Å². The molecule has 0 aliphatic rings. The zero-order valence-corrected chi connectivity index (χ0v) is 19.6. The highest BCUT2D eigenvalue weighted by Crippen LogP contribution is 2.24. The third-order valence-electron chi connectivity index (χ3n) is 5.01. The normalized spacial score (nSPS) is 12.3. The molecule has 2 rings (SSSR count). The Hall–Kier alpha value is -2.65. The van der Waals surface area contributed by atoms with Crippen LogP contribution in [0.2, 0.25) is 0 Å². The fourth-order valence-electron chi connectivity index (χ4n) is 3.16. The molecule has 0 aliphatic heterocycles. The van der Waals surface area contributed by atoms with E-state index in [1.54, 1.807) is 18.2 Å². The van der Waals surface area contributed by atoms with Gasteiger partial charge in [-0.2, -0.15) is 4.72 Å². The quantitative estimate of drug-likeness (QED) is 0.356. The zero-order chi connectivity index (χ0) is 23.6. The average molecular weight is 466 g/mol. The summed E-state index contributed by atoms with van der Waals surface area (Å²) < 4.78 is 43.0. The van der Waals surface area contributed by atoms with Crippen LogP contribution >= 0.6 is 0 Å². The van der Waals surface area contributed by atoms with Gasteiger partial charge in [-0.05, 0) is 47.9 Å². The summed E-state index contributed by atoms with van der Waals surface area (Å²) >= 11 is 0. The highest BCUT2D eigenvalue weighted by atomic mass is 32.2. The number of ether oxygens (including phenoxy) is 3. The summed E-state index contributed by atoms with van der Waals surface area (Å²) in [5, 5.41) is 1.56. The fourth-order valence-corrected chi connectivity index (χ4v) is 4.42. The van der Waals surface area contributed by atoms with Crippen LogP contribution in [0, 0.1) is 0 Å². The summed E-state index contributed by atoms with van der Waals surface area (Å²) in [4.78, 5) is 23.4. The Morgan fingerprint density at radius 1 is 0.969 bits per heavy atom. The Kier molecular flexibility index (Phi) is 9.93. The van der Waals surface area contributed by atoms with Gasteiger partial charge in [-0.15, -0.1) is 0 Å². The predicted octanol–water partition coefficient (Wildman–Crippen LogP) is 3.57. The summed E-state index contributed by atoms with van der Waals surface area (Å²) in [6, 6.07) is 8.94. The predicted molar refractivity (Wildman–Crippen MR) is 121 cm³/mol. The molecule has 0 radical (unpaired) electrons. The van der Waals surface area contributed by atoms with E-state index >= 15 is 0 Å². The number of nitrogens with one attached hydrogen (secondary N) is 1. The molecule has 0 heterocycles. The van der Waals surface area contributed by atoms with Gasteiger partial charge in [-0.1, -0.05) is 38.3 Å². The molecule has 0 saturated heterocycles. The second kappa shape index (κ2) is 12.4. The fraction of sp³-hybridized carbons (Fsp3) is 0.478. The lowest BCUT2D eigenvalue weighted by atomic mass is 10.1. The molecule has 0 aliphatic carbocycles. The Morgan fingerprint density at radius 3 is 2.38 bits per heavy atom. The van der Waals surface area contributed by atoms with Gasteiger partial charge in [0.2, 0.25) is 10.0 Å². The number of benzene rings is 2. The second-order valence-electron chi connectivity index (χ2n) is 7.39. The first-order valence-electron chi connectivity index (χ1n) is 10.6. The van der Waals surface area contributed by atoms with Crippen LogP contribution in [-0.2, 0) is 29.1 Å². The van der Waals surface area contributed by atoms with Crippen LogP contribution in [0.25, 0.3) is 10.8 Å². The van der Waals surface area contributed by atoms with E-state index in [4.69, 9.17) is 4.74 Å². The molecule has 2 aromatic rings. The highest BCUT2D eigenvalue weighted by molar-refractivity contribution is 7.89. The van der Waals surface area contributed by atoms with Gasteiger partial charge < -0.3 is 14.2 Å². The number of hydrogen-bond acceptors (Lipinski definition) is 7. The van der Waals surface area contributed by atoms with Crippen molar-refractivity contribution in [2.24, 2.45) is 0 Å². The number of carbonyl (C=O) groups is 2. The molecule has 0 unspecified atom stereocenters. The summed E-state index contributed by atoms with van der Waals surface area (Å²) in [7, 11) is -1.65. The highest BCUT2D eigenvalue weighted by Gasteiger charge is 2.27. The molecule has 176 valence electrons. The van der Waals surface area contributed by atoms with Crippen molar-refractivity contribution < 1.29 is 32.2 Å². The first-order valence-corrected chi connectivity index (χ1v) is 12.1. The molecule has 0 spiro atoms. The van der Waals surface area contributed by atoms with Crippen molar-refractivity contribution >= 4 is 32.7 Å². The van der Waals surface area contributed by atoms with E-state index < -0.39 is 28.0 Å². The molecule has 1 N–H and O–H groups in total. The minimum atomic E-state index is -4.03. The van der Waals surface area contributed by atoms with E-state index in [1.807, 2.05) is 6.07 Å². The van der Waals surface area contributed by atoms with Crippen molar-refractivity contribution in [3.63, 3.8) is 0 Å². The Balaban J connectivity index is 2.13. The second-order valence-corrected chi connectivity index (χ2v) is 9.11. The van der Waals surface area contributed by atoms with E-state index in [9.17, 15) is 18.0 Å². The monoisotopic (exact) mass is 465 g/mol. The molecule has 2 aromatic carbocycles. The van der Waals surface area contributed by atoms with E-state index in [0.29, 0.717) is 6.61 Å². The van der Waals surface area contributed by atoms with Crippen molar-refractivity contribution in [3.8, 4) is 5.75 Å². The summed E-state index contributed by atoms with van der Waals surface area (Å²) in [5.74, 6) is -0.595. The van der Waals surface area contributed by atoms with Crippen molar-refractivity contribution in [2.45, 2.75) is 56.4 Å². The number of carbonyl (C=O) groups excluding carboxylic acids is 2. The van der Waals surface area contributed by atoms with Gasteiger partial charge in [0, 0.05) is 6.42 Å². The molecule has 0 fully saturated rings. The minimum Gasteiger partial charge on any atom is -0.494 e. The lowest BCUT2D eigenvalue weighted by Crippen LogP contribution is -2.41. The first-order chi connectivity index (χ1) is 15.3. The standard InChI is InChI=1S/C23H31NO7S/c1-4-5-6-7-14-31-19-10-8-18-16-20(11-9-17(18)15-19)32(27,28)24-21(23(26)30-3)12-13-22(25)29-2/h8-11,15-16,21,24H,4-7,12-14H2,1-3H3/t21-/m1/s1. The van der Waals surface area contributed by atoms with E-state index in [-0.39, 0.29) is 17.7 Å². The van der Waals surface area contributed by atoms with Crippen LogP contribution in [0.1, 0.15) is 45.4 Å². The lowest BCUT2D eigenvalue weighted by Gasteiger charge is -2.16. The zero-order valence-electron chi connectivity index (χ0n) is 18.8. The van der Waals surface area contributed by atoms with Gasteiger partial charge in [0.25, 0.3) is 0 Å². The van der Waals surface area contributed by atoms with Crippen LogP contribution in [0.5, 0.6) is 5.75 Å². The Bertz CT molecular complexity index is 1020. The molecule has 0 aromatic heterocycles. The minimum absolute atomic E-state index is 0.00482. The largest absolute Gasteiger partial charge is 0.494 e. The number of fused-ring (bicyclic) bond motifs is 1. The van der Waals surface area contributed by atoms with Gasteiger partial charge in [0.05, 0.1) is 25.7 Å². The smallest absolute Gasteiger partial charge is 0.323 e. The molecular formula is C23H31NO7S. The van der Waals surface area contributed by atoms with Gasteiger partial charge in [-0.25, -0.2) is 8.42 Å². The number of sulfonamides is 1. The summed E-state index contributed by atoms with van der Waals surface area (Å²) in [6.45, 7) is 2.80. The molecule has 0 saturated carbocycles. The van der Waals surface area contributed by atoms with Crippen molar-refractivity contribution in [3.05, 3.63) is 36.4 Å². The number of esters is 2. The van der Waals surface area contributed by atoms with Crippen molar-refractivity contribution in [1.29, 1.82) is 0 Å². The first kappa shape index (κ1) is 25.6. The summed E-state index contributed by atoms with van der Waals surface area (Å²) in [5.41, 5.74) is 0. The number of unbranched alkanes of at least 4 members (excludes halogenated alkanes) is 3. The Morgan fingerprint density at radius 2 is 1.69 bits per heavy atom. The summed E-state index contributed by atoms with van der Waals surface area (Å²) in [6.07, 6.45) is 4.27. The van der Waals surface area contributed by atoms with Crippen LogP contribution in [0.15, 0.2) is 41.3 Å². The maximum Gasteiger partial charge on any atom is 0.323 e. The van der Waals surface area contributed by atoms with Gasteiger partial charge >= 0.3 is 11.9 Å². The van der Waals surface area contributed by atoms with Crippen LogP contribution in [0.4, 0.5) is 0 Å². The average Bonchev–Trinajstić information content (AvgIpc) is 2.80. The number of methoxy groups -OCH3 is 2. The van der Waals surface area contributed by atoms with Crippen molar-refractivity contribution in [1.82, 2.24) is 4.72 Å². The topological polar surface area (TPSA) is 108 Å². The van der Waals surface area contributed by atoms with Crippen LogP contribution in [-0.4, -0.2) is 47.2 Å². The van der Waals surface area contributed by atoms with Gasteiger partial charge in [-0.3, -0.25) is 9.59 Å². The lowest BCUT2D eigenvalue weighted by molar-refractivity contribution is -0.144. The molecule has 1 atom stereocenters. The van der Waals surface area contributed by atoms with Gasteiger partial charge in [0.15, 0.2) is 0 Å². The maximum absolute atomic E-state index is 12.9. The molecule has 32 heavy (non-hydrogen) atoms. The molecule has 8 nitrogen and oxygen atoms in total. The maximum atomic E-state index is 12.9. The van der Waals surface area contributed by atoms with Crippen LogP contribution in [0.3, 0.4) is 0 Å². The Labute approximate surface area is 189 Å². The third-order valence-corrected chi connectivity index (χ3v) is 6.48. The van der Waals surface area contributed by atoms with E-state index in [1.165, 1.54) is 32.1 Å².